The fourth-order valence-electron chi connectivity index (χ4n) is 2.87. The molecule has 1 aromatic heterocycles. The minimum Gasteiger partial charge on any atom is -0.379 e. The highest BCUT2D eigenvalue weighted by Gasteiger charge is 2.19. The molecule has 0 saturated carbocycles. The number of nitriles is 1. The van der Waals surface area contributed by atoms with Gasteiger partial charge >= 0.3 is 0 Å². The van der Waals surface area contributed by atoms with Crippen LogP contribution in [-0.2, 0) is 11.3 Å². The average Bonchev–Trinajstić information content (AvgIpc) is 2.93. The molecule has 1 aromatic carbocycles. The summed E-state index contributed by atoms with van der Waals surface area (Å²) in [5.41, 5.74) is 1.77. The molecule has 1 aliphatic rings. The molecule has 2 aromatic rings. The summed E-state index contributed by atoms with van der Waals surface area (Å²) in [6.07, 6.45) is 2.33. The van der Waals surface area contributed by atoms with Crippen LogP contribution in [0.15, 0.2) is 30.5 Å². The third-order valence-electron chi connectivity index (χ3n) is 4.02. The van der Waals surface area contributed by atoms with E-state index in [9.17, 15) is 4.79 Å². The summed E-state index contributed by atoms with van der Waals surface area (Å²) in [4.78, 5) is 14.8. The Morgan fingerprint density at radius 2 is 2.05 bits per heavy atom. The van der Waals surface area contributed by atoms with Gasteiger partial charge in [0.25, 0.3) is 0 Å². The zero-order valence-electron chi connectivity index (χ0n) is 12.5. The second-order valence-corrected chi connectivity index (χ2v) is 5.47. The van der Waals surface area contributed by atoms with Crippen molar-refractivity contribution < 1.29 is 9.53 Å². The molecule has 0 amide bonds. The molecule has 0 unspecified atom stereocenters. The predicted octanol–water partition coefficient (Wildman–Crippen LogP) is 2.07. The Labute approximate surface area is 129 Å². The summed E-state index contributed by atoms with van der Waals surface area (Å²) in [5.74, 6) is 0.133. The molecular weight excluding hydrogens is 278 g/mol. The van der Waals surface area contributed by atoms with Crippen molar-refractivity contribution in [2.75, 3.05) is 32.8 Å². The summed E-state index contributed by atoms with van der Waals surface area (Å²) < 4.78 is 7.32. The summed E-state index contributed by atoms with van der Waals surface area (Å²) in [7, 11) is 0. The van der Waals surface area contributed by atoms with E-state index in [1.54, 1.807) is 0 Å². The molecule has 114 valence electrons. The van der Waals surface area contributed by atoms with E-state index in [1.807, 2.05) is 35.0 Å². The Hall–Kier alpha value is -2.16. The van der Waals surface area contributed by atoms with Crippen LogP contribution in [0.2, 0.25) is 0 Å². The average molecular weight is 297 g/mol. The maximum Gasteiger partial charge on any atom is 0.178 e. The number of hydrogen-bond acceptors (Lipinski definition) is 4. The fourth-order valence-corrected chi connectivity index (χ4v) is 2.87. The van der Waals surface area contributed by atoms with Gasteiger partial charge in [-0.2, -0.15) is 5.26 Å². The number of fused-ring (bicyclic) bond motifs is 1. The van der Waals surface area contributed by atoms with Gasteiger partial charge in [-0.15, -0.1) is 0 Å². The lowest BCUT2D eigenvalue weighted by Gasteiger charge is -2.25. The first-order valence-corrected chi connectivity index (χ1v) is 7.57. The SMILES string of the molecule is N#CCCn1cc(C(=O)CN2CCOCC2)c2ccccc21. The predicted molar refractivity (Wildman–Crippen MR) is 83.8 cm³/mol. The molecule has 3 rings (SSSR count). The lowest BCUT2D eigenvalue weighted by atomic mass is 10.1. The number of morpholine rings is 1. The zero-order chi connectivity index (χ0) is 15.4. The molecule has 0 bridgehead atoms. The minimum atomic E-state index is 0.133. The maximum absolute atomic E-state index is 12.7. The van der Waals surface area contributed by atoms with Gasteiger partial charge in [-0.3, -0.25) is 9.69 Å². The molecule has 22 heavy (non-hydrogen) atoms. The van der Waals surface area contributed by atoms with Crippen molar-refractivity contribution in [1.82, 2.24) is 9.47 Å². The number of carbonyl (C=O) groups excluding carboxylic acids is 1. The minimum absolute atomic E-state index is 0.133. The molecule has 0 spiro atoms. The highest BCUT2D eigenvalue weighted by Crippen LogP contribution is 2.22. The van der Waals surface area contributed by atoms with E-state index in [4.69, 9.17) is 10.00 Å². The van der Waals surface area contributed by atoms with Crippen molar-refractivity contribution in [2.24, 2.45) is 0 Å². The molecule has 1 aliphatic heterocycles. The van der Waals surface area contributed by atoms with Crippen LogP contribution in [0.5, 0.6) is 0 Å². The van der Waals surface area contributed by atoms with Gasteiger partial charge in [-0.1, -0.05) is 18.2 Å². The van der Waals surface area contributed by atoms with Gasteiger partial charge in [-0.05, 0) is 6.07 Å². The number of ketones is 1. The molecule has 0 N–H and O–H groups in total. The Bertz CT molecular complexity index is 708. The number of rotatable bonds is 5. The Morgan fingerprint density at radius 1 is 1.27 bits per heavy atom. The molecule has 5 heteroatoms. The van der Waals surface area contributed by atoms with E-state index >= 15 is 0 Å². The van der Waals surface area contributed by atoms with Crippen LogP contribution in [0.4, 0.5) is 0 Å². The summed E-state index contributed by atoms with van der Waals surface area (Å²) in [5, 5.41) is 9.75. The molecular formula is C17H19N3O2. The second kappa shape index (κ2) is 6.73. The van der Waals surface area contributed by atoms with Crippen LogP contribution in [0.3, 0.4) is 0 Å². The van der Waals surface area contributed by atoms with E-state index in [0.29, 0.717) is 32.7 Å². The summed E-state index contributed by atoms with van der Waals surface area (Å²) in [6, 6.07) is 10.0. The topological polar surface area (TPSA) is 58.3 Å². The number of aryl methyl sites for hydroxylation is 1. The highest BCUT2D eigenvalue weighted by atomic mass is 16.5. The third-order valence-corrected chi connectivity index (χ3v) is 4.02. The molecule has 0 aliphatic carbocycles. The largest absolute Gasteiger partial charge is 0.379 e. The molecule has 5 nitrogen and oxygen atoms in total. The number of nitrogens with zero attached hydrogens (tertiary/aromatic N) is 3. The van der Waals surface area contributed by atoms with Crippen molar-refractivity contribution in [2.45, 2.75) is 13.0 Å². The number of aromatic nitrogens is 1. The number of para-hydroxylation sites is 1. The van der Waals surface area contributed by atoms with Crippen molar-refractivity contribution in [3.63, 3.8) is 0 Å². The van der Waals surface area contributed by atoms with Gasteiger partial charge in [0.1, 0.15) is 0 Å². The maximum atomic E-state index is 12.7. The van der Waals surface area contributed by atoms with Gasteiger partial charge < -0.3 is 9.30 Å². The van der Waals surface area contributed by atoms with Crippen LogP contribution < -0.4 is 0 Å². The third kappa shape index (κ3) is 3.03. The van der Waals surface area contributed by atoms with E-state index in [2.05, 4.69) is 11.0 Å². The van der Waals surface area contributed by atoms with Crippen LogP contribution in [-0.4, -0.2) is 48.1 Å². The standard InChI is InChI=1S/C17H19N3O2/c18-6-3-7-20-12-15(14-4-1-2-5-16(14)20)17(21)13-19-8-10-22-11-9-19/h1-2,4-5,12H,3,7-11,13H2. The van der Waals surface area contributed by atoms with Gasteiger partial charge in [0.2, 0.25) is 0 Å². The number of Topliss-reactive ketones (excluding diaryl/α,β-unsaturated/α-hetero) is 1. The Morgan fingerprint density at radius 3 is 2.82 bits per heavy atom. The van der Waals surface area contributed by atoms with Crippen molar-refractivity contribution in [3.05, 3.63) is 36.0 Å². The molecule has 1 saturated heterocycles. The van der Waals surface area contributed by atoms with Crippen molar-refractivity contribution in [1.29, 1.82) is 5.26 Å². The fraction of sp³-hybridized carbons (Fsp3) is 0.412. The lowest BCUT2D eigenvalue weighted by Crippen LogP contribution is -2.39. The molecule has 0 atom stereocenters. The highest BCUT2D eigenvalue weighted by molar-refractivity contribution is 6.09. The second-order valence-electron chi connectivity index (χ2n) is 5.47. The number of carbonyl (C=O) groups is 1. The first-order chi connectivity index (χ1) is 10.8. The molecule has 0 radical (unpaired) electrons. The summed E-state index contributed by atoms with van der Waals surface area (Å²) in [6.45, 7) is 4.03. The van der Waals surface area contributed by atoms with Crippen molar-refractivity contribution >= 4 is 16.7 Å². The van der Waals surface area contributed by atoms with E-state index in [0.717, 1.165) is 29.6 Å². The van der Waals surface area contributed by atoms with Crippen LogP contribution in [0.1, 0.15) is 16.8 Å². The smallest absolute Gasteiger partial charge is 0.178 e. The lowest BCUT2D eigenvalue weighted by molar-refractivity contribution is 0.0371. The number of ether oxygens (including phenoxy) is 1. The quantitative estimate of drug-likeness (QED) is 0.793. The van der Waals surface area contributed by atoms with Crippen LogP contribution in [0.25, 0.3) is 10.9 Å². The molecule has 2 heterocycles. The van der Waals surface area contributed by atoms with Gasteiger partial charge in [-0.25, -0.2) is 0 Å². The van der Waals surface area contributed by atoms with Gasteiger partial charge in [0.05, 0.1) is 32.2 Å². The number of hydrogen-bond donors (Lipinski definition) is 0. The zero-order valence-corrected chi connectivity index (χ0v) is 12.5. The normalized spacial score (nSPS) is 15.8. The van der Waals surface area contributed by atoms with Gasteiger partial charge in [0.15, 0.2) is 5.78 Å². The van der Waals surface area contributed by atoms with Gasteiger partial charge in [0, 0.05) is 42.3 Å². The van der Waals surface area contributed by atoms with Crippen LogP contribution >= 0.6 is 0 Å². The first-order valence-electron chi connectivity index (χ1n) is 7.57. The van der Waals surface area contributed by atoms with Crippen molar-refractivity contribution in [3.8, 4) is 6.07 Å². The molecule has 1 fully saturated rings. The Kier molecular flexibility index (Phi) is 4.52. The van der Waals surface area contributed by atoms with Crippen LogP contribution in [0, 0.1) is 11.3 Å². The number of benzene rings is 1. The van der Waals surface area contributed by atoms with E-state index < -0.39 is 0 Å². The monoisotopic (exact) mass is 297 g/mol. The Balaban J connectivity index is 1.86. The van der Waals surface area contributed by atoms with E-state index in [-0.39, 0.29) is 5.78 Å². The first kappa shape index (κ1) is 14.8. The summed E-state index contributed by atoms with van der Waals surface area (Å²) >= 11 is 0. The van der Waals surface area contributed by atoms with E-state index in [1.165, 1.54) is 0 Å².